The maximum atomic E-state index is 13.2. The number of benzene rings is 1. The molecule has 0 radical (unpaired) electrons. The lowest BCUT2D eigenvalue weighted by Crippen LogP contribution is -2.42. The van der Waals surface area contributed by atoms with Gasteiger partial charge in [-0.1, -0.05) is 6.07 Å². The SMILES string of the molecule is CNC1CCN(C(C)c2ccc(F)c(F)c2)CC1.Cl. The summed E-state index contributed by atoms with van der Waals surface area (Å²) in [5, 5.41) is 3.28. The van der Waals surface area contributed by atoms with Gasteiger partial charge in [-0.2, -0.15) is 0 Å². The van der Waals surface area contributed by atoms with Crippen LogP contribution in [0.3, 0.4) is 0 Å². The fraction of sp³-hybridized carbons (Fsp3) is 0.571. The zero-order valence-electron chi connectivity index (χ0n) is 11.3. The summed E-state index contributed by atoms with van der Waals surface area (Å²) in [7, 11) is 1.99. The Hall–Kier alpha value is -0.710. The molecule has 1 aliphatic rings. The summed E-state index contributed by atoms with van der Waals surface area (Å²) in [6, 6.07) is 4.91. The van der Waals surface area contributed by atoms with Gasteiger partial charge in [0, 0.05) is 25.2 Å². The van der Waals surface area contributed by atoms with Crippen molar-refractivity contribution in [2.75, 3.05) is 20.1 Å². The minimum atomic E-state index is -0.778. The molecule has 2 rings (SSSR count). The van der Waals surface area contributed by atoms with Gasteiger partial charge in [0.2, 0.25) is 0 Å². The quantitative estimate of drug-likeness (QED) is 0.920. The maximum Gasteiger partial charge on any atom is 0.159 e. The molecular formula is C14H21ClF2N2. The van der Waals surface area contributed by atoms with Crippen LogP contribution in [0.25, 0.3) is 0 Å². The van der Waals surface area contributed by atoms with E-state index < -0.39 is 11.6 Å². The van der Waals surface area contributed by atoms with Crippen LogP contribution in [0.5, 0.6) is 0 Å². The Kier molecular flexibility index (Phi) is 6.17. The third-order valence-corrected chi connectivity index (χ3v) is 3.91. The summed E-state index contributed by atoms with van der Waals surface area (Å²) in [5.41, 5.74) is 0.844. The molecule has 0 spiro atoms. The van der Waals surface area contributed by atoms with Crippen molar-refractivity contribution in [3.63, 3.8) is 0 Å². The molecule has 0 bridgehead atoms. The Morgan fingerprint density at radius 2 is 1.84 bits per heavy atom. The third-order valence-electron chi connectivity index (χ3n) is 3.91. The second-order valence-corrected chi connectivity index (χ2v) is 4.95. The minimum Gasteiger partial charge on any atom is -0.317 e. The number of nitrogens with zero attached hydrogens (tertiary/aromatic N) is 1. The van der Waals surface area contributed by atoms with Crippen molar-refractivity contribution in [1.29, 1.82) is 0 Å². The van der Waals surface area contributed by atoms with E-state index in [1.807, 2.05) is 14.0 Å². The standard InChI is InChI=1S/C14H20F2N2.ClH/c1-10(11-3-4-13(15)14(16)9-11)18-7-5-12(17-2)6-8-18;/h3-4,9-10,12,17H,5-8H2,1-2H3;1H. The van der Waals surface area contributed by atoms with Crippen LogP contribution in [-0.2, 0) is 0 Å². The van der Waals surface area contributed by atoms with E-state index in [-0.39, 0.29) is 18.4 Å². The fourth-order valence-corrected chi connectivity index (χ4v) is 2.56. The van der Waals surface area contributed by atoms with E-state index in [2.05, 4.69) is 10.2 Å². The highest BCUT2D eigenvalue weighted by molar-refractivity contribution is 5.85. The average Bonchev–Trinajstić information content (AvgIpc) is 2.41. The molecule has 1 aliphatic heterocycles. The summed E-state index contributed by atoms with van der Waals surface area (Å²) in [6.07, 6.45) is 2.20. The van der Waals surface area contributed by atoms with Gasteiger partial charge in [0.25, 0.3) is 0 Å². The number of hydrogen-bond acceptors (Lipinski definition) is 2. The van der Waals surface area contributed by atoms with Gasteiger partial charge in [-0.3, -0.25) is 4.90 Å². The third kappa shape index (κ3) is 3.88. The van der Waals surface area contributed by atoms with E-state index in [1.54, 1.807) is 6.07 Å². The van der Waals surface area contributed by atoms with E-state index in [0.717, 1.165) is 31.5 Å². The molecule has 1 fully saturated rings. The molecule has 108 valence electrons. The molecule has 0 aromatic heterocycles. The predicted molar refractivity (Wildman–Crippen MR) is 75.7 cm³/mol. The van der Waals surface area contributed by atoms with Crippen molar-refractivity contribution < 1.29 is 8.78 Å². The number of rotatable bonds is 3. The average molecular weight is 291 g/mol. The van der Waals surface area contributed by atoms with E-state index in [1.165, 1.54) is 12.1 Å². The van der Waals surface area contributed by atoms with E-state index in [4.69, 9.17) is 0 Å². The molecule has 1 aromatic rings. The van der Waals surface area contributed by atoms with Crippen LogP contribution in [-0.4, -0.2) is 31.1 Å². The molecule has 1 atom stereocenters. The van der Waals surface area contributed by atoms with Crippen LogP contribution in [0.15, 0.2) is 18.2 Å². The Morgan fingerprint density at radius 3 is 2.37 bits per heavy atom. The highest BCUT2D eigenvalue weighted by Gasteiger charge is 2.23. The molecule has 19 heavy (non-hydrogen) atoms. The smallest absolute Gasteiger partial charge is 0.159 e. The van der Waals surface area contributed by atoms with Gasteiger partial charge in [-0.05, 0) is 44.5 Å². The molecule has 1 saturated heterocycles. The molecule has 2 nitrogen and oxygen atoms in total. The van der Waals surface area contributed by atoms with Gasteiger partial charge in [0.05, 0.1) is 0 Å². The van der Waals surface area contributed by atoms with Crippen molar-refractivity contribution in [3.8, 4) is 0 Å². The Balaban J connectivity index is 0.00000180. The maximum absolute atomic E-state index is 13.2. The van der Waals surface area contributed by atoms with Crippen molar-refractivity contribution in [3.05, 3.63) is 35.4 Å². The molecule has 0 amide bonds. The summed E-state index contributed by atoms with van der Waals surface area (Å²) in [4.78, 5) is 2.32. The number of piperidine rings is 1. The van der Waals surface area contributed by atoms with Crippen molar-refractivity contribution in [2.45, 2.75) is 31.8 Å². The summed E-state index contributed by atoms with van der Waals surface area (Å²) < 4.78 is 26.1. The van der Waals surface area contributed by atoms with Gasteiger partial charge in [0.15, 0.2) is 11.6 Å². The van der Waals surface area contributed by atoms with Gasteiger partial charge < -0.3 is 5.32 Å². The first-order valence-corrected chi connectivity index (χ1v) is 6.48. The molecule has 1 heterocycles. The van der Waals surface area contributed by atoms with E-state index >= 15 is 0 Å². The summed E-state index contributed by atoms with van der Waals surface area (Å²) in [5.74, 6) is -1.54. The monoisotopic (exact) mass is 290 g/mol. The first-order valence-electron chi connectivity index (χ1n) is 6.48. The molecule has 1 N–H and O–H groups in total. The van der Waals surface area contributed by atoms with Crippen molar-refractivity contribution in [1.82, 2.24) is 10.2 Å². The first-order chi connectivity index (χ1) is 8.61. The molecule has 0 aliphatic carbocycles. The van der Waals surface area contributed by atoms with Gasteiger partial charge in [-0.15, -0.1) is 12.4 Å². The molecule has 1 aromatic carbocycles. The van der Waals surface area contributed by atoms with Crippen LogP contribution in [0, 0.1) is 11.6 Å². The highest BCUT2D eigenvalue weighted by atomic mass is 35.5. The van der Waals surface area contributed by atoms with Crippen LogP contribution >= 0.6 is 12.4 Å². The first kappa shape index (κ1) is 16.3. The molecule has 1 unspecified atom stereocenters. The number of nitrogens with one attached hydrogen (secondary N) is 1. The zero-order valence-corrected chi connectivity index (χ0v) is 12.1. The van der Waals surface area contributed by atoms with E-state index in [0.29, 0.717) is 6.04 Å². The van der Waals surface area contributed by atoms with Gasteiger partial charge in [0.1, 0.15) is 0 Å². The second-order valence-electron chi connectivity index (χ2n) is 4.95. The Morgan fingerprint density at radius 1 is 1.21 bits per heavy atom. The second kappa shape index (κ2) is 7.17. The number of halogens is 3. The number of likely N-dealkylation sites (tertiary alicyclic amines) is 1. The van der Waals surface area contributed by atoms with Crippen molar-refractivity contribution in [2.24, 2.45) is 0 Å². The zero-order chi connectivity index (χ0) is 13.1. The van der Waals surface area contributed by atoms with Crippen LogP contribution < -0.4 is 5.32 Å². The van der Waals surface area contributed by atoms with Crippen LogP contribution in [0.1, 0.15) is 31.4 Å². The Labute approximate surface area is 119 Å². The summed E-state index contributed by atoms with van der Waals surface area (Å²) in [6.45, 7) is 4.03. The topological polar surface area (TPSA) is 15.3 Å². The van der Waals surface area contributed by atoms with Crippen LogP contribution in [0.2, 0.25) is 0 Å². The minimum absolute atomic E-state index is 0. The lowest BCUT2D eigenvalue weighted by atomic mass is 10.0. The number of hydrogen-bond donors (Lipinski definition) is 1. The Bertz CT molecular complexity index is 406. The lowest BCUT2D eigenvalue weighted by molar-refractivity contribution is 0.155. The lowest BCUT2D eigenvalue weighted by Gasteiger charge is -2.36. The molecular weight excluding hydrogens is 270 g/mol. The summed E-state index contributed by atoms with van der Waals surface area (Å²) >= 11 is 0. The van der Waals surface area contributed by atoms with Crippen molar-refractivity contribution >= 4 is 12.4 Å². The van der Waals surface area contributed by atoms with Gasteiger partial charge in [-0.25, -0.2) is 8.78 Å². The normalized spacial score (nSPS) is 18.9. The highest BCUT2D eigenvalue weighted by Crippen LogP contribution is 2.25. The van der Waals surface area contributed by atoms with E-state index in [9.17, 15) is 8.78 Å². The largest absolute Gasteiger partial charge is 0.317 e. The predicted octanol–water partition coefficient (Wildman–Crippen LogP) is 3.13. The fourth-order valence-electron chi connectivity index (χ4n) is 2.56. The van der Waals surface area contributed by atoms with Crippen LogP contribution in [0.4, 0.5) is 8.78 Å². The molecule has 5 heteroatoms. The van der Waals surface area contributed by atoms with Gasteiger partial charge >= 0.3 is 0 Å². The molecule has 0 saturated carbocycles.